The van der Waals surface area contributed by atoms with Crippen LogP contribution in [0.4, 0.5) is 0 Å². The molecule has 0 spiro atoms. The Hall–Kier alpha value is -1.30. The predicted octanol–water partition coefficient (Wildman–Crippen LogP) is 1.21. The molecule has 0 aliphatic carbocycles. The molecule has 0 saturated carbocycles. The molecule has 100 valence electrons. The van der Waals surface area contributed by atoms with Gasteiger partial charge in [0.1, 0.15) is 23.7 Å². The molecule has 2 heterocycles. The maximum absolute atomic E-state index is 8.83. The first kappa shape index (κ1) is 13.1. The highest BCUT2D eigenvalue weighted by molar-refractivity contribution is 5.35. The number of benzene rings is 1. The molecule has 5 nitrogen and oxygen atoms in total. The Morgan fingerprint density at radius 3 is 1.83 bits per heavy atom. The van der Waals surface area contributed by atoms with Gasteiger partial charge in [0.25, 0.3) is 0 Å². The Kier molecular flexibility index (Phi) is 4.41. The Bertz CT molecular complexity index is 322. The molecule has 5 heteroatoms. The average Bonchev–Trinajstić information content (AvgIpc) is 3.10. The third-order valence-electron chi connectivity index (χ3n) is 2.46. The molecule has 0 bridgehead atoms. The van der Waals surface area contributed by atoms with Gasteiger partial charge >= 0.3 is 0 Å². The molecule has 1 aromatic carbocycles. The van der Waals surface area contributed by atoms with Crippen molar-refractivity contribution in [2.45, 2.75) is 19.1 Å². The van der Waals surface area contributed by atoms with Gasteiger partial charge in [-0.2, -0.15) is 0 Å². The SMILES string of the molecule is C(OCC1CO1)C1CO1.Cc1cc(O)cc(O)c1. The highest BCUT2D eigenvalue weighted by atomic mass is 16.6. The van der Waals surface area contributed by atoms with Crippen LogP contribution in [-0.4, -0.2) is 48.8 Å². The number of epoxide rings is 2. The first-order chi connectivity index (χ1) is 8.63. The van der Waals surface area contributed by atoms with Crippen LogP contribution >= 0.6 is 0 Å². The smallest absolute Gasteiger partial charge is 0.119 e. The van der Waals surface area contributed by atoms with Gasteiger partial charge in [-0.25, -0.2) is 0 Å². The van der Waals surface area contributed by atoms with Crippen molar-refractivity contribution in [2.24, 2.45) is 0 Å². The van der Waals surface area contributed by atoms with Crippen LogP contribution in [0.15, 0.2) is 18.2 Å². The number of ether oxygens (including phenoxy) is 3. The normalized spacial score (nSPS) is 24.1. The number of aryl methyl sites for hydroxylation is 1. The summed E-state index contributed by atoms with van der Waals surface area (Å²) in [5.41, 5.74) is 0.854. The maximum Gasteiger partial charge on any atom is 0.119 e. The van der Waals surface area contributed by atoms with Crippen LogP contribution < -0.4 is 0 Å². The number of hydrogen-bond donors (Lipinski definition) is 2. The highest BCUT2D eigenvalue weighted by Crippen LogP contribution is 2.18. The minimum Gasteiger partial charge on any atom is -0.508 e. The zero-order valence-electron chi connectivity index (χ0n) is 10.3. The summed E-state index contributed by atoms with van der Waals surface area (Å²) in [6.07, 6.45) is 0.785. The van der Waals surface area contributed by atoms with Gasteiger partial charge in [0.15, 0.2) is 0 Å². The Labute approximate surface area is 106 Å². The molecular formula is C13H18O5. The van der Waals surface area contributed by atoms with E-state index in [2.05, 4.69) is 0 Å². The van der Waals surface area contributed by atoms with Crippen LogP contribution in [0.25, 0.3) is 0 Å². The average molecular weight is 254 g/mol. The van der Waals surface area contributed by atoms with Crippen LogP contribution in [0.1, 0.15) is 5.56 Å². The largest absolute Gasteiger partial charge is 0.508 e. The van der Waals surface area contributed by atoms with E-state index in [1.54, 1.807) is 19.1 Å². The van der Waals surface area contributed by atoms with E-state index in [0.717, 1.165) is 32.0 Å². The summed E-state index contributed by atoms with van der Waals surface area (Å²) in [5, 5.41) is 17.7. The molecule has 2 aliphatic heterocycles. The van der Waals surface area contributed by atoms with Gasteiger partial charge in [0, 0.05) is 6.07 Å². The monoisotopic (exact) mass is 254 g/mol. The first-order valence-corrected chi connectivity index (χ1v) is 5.94. The van der Waals surface area contributed by atoms with E-state index in [9.17, 15) is 0 Å². The predicted molar refractivity (Wildman–Crippen MR) is 64.8 cm³/mol. The fourth-order valence-electron chi connectivity index (χ4n) is 1.40. The van der Waals surface area contributed by atoms with E-state index >= 15 is 0 Å². The van der Waals surface area contributed by atoms with E-state index in [0.29, 0.717) is 12.2 Å². The van der Waals surface area contributed by atoms with Crippen molar-refractivity contribution in [3.05, 3.63) is 23.8 Å². The second kappa shape index (κ2) is 6.04. The molecule has 0 aromatic heterocycles. The molecule has 2 unspecified atom stereocenters. The van der Waals surface area contributed by atoms with Crippen molar-refractivity contribution < 1.29 is 24.4 Å². The number of rotatable bonds is 4. The fourth-order valence-corrected chi connectivity index (χ4v) is 1.40. The molecule has 2 saturated heterocycles. The van der Waals surface area contributed by atoms with E-state index in [-0.39, 0.29) is 11.5 Å². The Morgan fingerprint density at radius 1 is 1.06 bits per heavy atom. The van der Waals surface area contributed by atoms with Crippen molar-refractivity contribution >= 4 is 0 Å². The van der Waals surface area contributed by atoms with Gasteiger partial charge in [-0.3, -0.25) is 0 Å². The molecule has 0 amide bonds. The van der Waals surface area contributed by atoms with Crippen LogP contribution in [0, 0.1) is 6.92 Å². The lowest BCUT2D eigenvalue weighted by Gasteiger charge is -1.95. The number of aromatic hydroxyl groups is 2. The van der Waals surface area contributed by atoms with Gasteiger partial charge in [-0.1, -0.05) is 0 Å². The van der Waals surface area contributed by atoms with Crippen LogP contribution in [0.3, 0.4) is 0 Å². The summed E-state index contributed by atoms with van der Waals surface area (Å²) in [5.74, 6) is 0.208. The second-order valence-electron chi connectivity index (χ2n) is 4.47. The topological polar surface area (TPSA) is 74.8 Å². The van der Waals surface area contributed by atoms with Crippen LogP contribution in [-0.2, 0) is 14.2 Å². The van der Waals surface area contributed by atoms with Gasteiger partial charge in [0.2, 0.25) is 0 Å². The van der Waals surface area contributed by atoms with Crippen LogP contribution in [0.5, 0.6) is 11.5 Å². The van der Waals surface area contributed by atoms with Gasteiger partial charge in [-0.15, -0.1) is 0 Å². The minimum atomic E-state index is 0.104. The molecule has 0 radical (unpaired) electrons. The van der Waals surface area contributed by atoms with Crippen molar-refractivity contribution in [3.8, 4) is 11.5 Å². The quantitative estimate of drug-likeness (QED) is 0.790. The van der Waals surface area contributed by atoms with Crippen molar-refractivity contribution in [1.29, 1.82) is 0 Å². The lowest BCUT2D eigenvalue weighted by atomic mass is 10.2. The van der Waals surface area contributed by atoms with Crippen molar-refractivity contribution in [2.75, 3.05) is 26.4 Å². The fraction of sp³-hybridized carbons (Fsp3) is 0.538. The summed E-state index contributed by atoms with van der Waals surface area (Å²) in [6.45, 7) is 5.07. The summed E-state index contributed by atoms with van der Waals surface area (Å²) >= 11 is 0. The molecule has 2 fully saturated rings. The second-order valence-corrected chi connectivity index (χ2v) is 4.47. The van der Waals surface area contributed by atoms with Gasteiger partial charge in [-0.05, 0) is 24.6 Å². The van der Waals surface area contributed by atoms with Crippen molar-refractivity contribution in [1.82, 2.24) is 0 Å². The zero-order valence-corrected chi connectivity index (χ0v) is 10.3. The zero-order chi connectivity index (χ0) is 13.0. The molecule has 2 N–H and O–H groups in total. The number of phenolic OH excluding ortho intramolecular Hbond substituents is 2. The summed E-state index contributed by atoms with van der Waals surface area (Å²) < 4.78 is 15.1. The number of hydrogen-bond acceptors (Lipinski definition) is 5. The van der Waals surface area contributed by atoms with E-state index in [4.69, 9.17) is 24.4 Å². The minimum absolute atomic E-state index is 0.104. The first-order valence-electron chi connectivity index (χ1n) is 5.94. The molecular weight excluding hydrogens is 236 g/mol. The molecule has 1 aromatic rings. The third kappa shape index (κ3) is 5.35. The van der Waals surface area contributed by atoms with E-state index in [1.807, 2.05) is 0 Å². The molecule has 2 aliphatic rings. The van der Waals surface area contributed by atoms with Crippen LogP contribution in [0.2, 0.25) is 0 Å². The van der Waals surface area contributed by atoms with Gasteiger partial charge < -0.3 is 24.4 Å². The molecule has 2 atom stereocenters. The Balaban J connectivity index is 0.000000134. The molecule has 18 heavy (non-hydrogen) atoms. The summed E-state index contributed by atoms with van der Waals surface area (Å²) in [7, 11) is 0. The highest BCUT2D eigenvalue weighted by Gasteiger charge is 2.26. The Morgan fingerprint density at radius 2 is 1.50 bits per heavy atom. The van der Waals surface area contributed by atoms with Crippen molar-refractivity contribution in [3.63, 3.8) is 0 Å². The summed E-state index contributed by atoms with van der Waals surface area (Å²) in [4.78, 5) is 0. The lowest BCUT2D eigenvalue weighted by molar-refractivity contribution is 0.102. The standard InChI is InChI=1S/C7H8O2.C6H10O3/c1-5-2-6(8)4-7(9)3-5;1(5-3-8-5)7-2-6-4-9-6/h2-4,8-9H,1H3;5-6H,1-4H2. The molecule has 3 rings (SSSR count). The summed E-state index contributed by atoms with van der Waals surface area (Å²) in [6, 6.07) is 4.46. The maximum atomic E-state index is 8.83. The van der Waals surface area contributed by atoms with E-state index in [1.165, 1.54) is 6.07 Å². The van der Waals surface area contributed by atoms with E-state index < -0.39 is 0 Å². The third-order valence-corrected chi connectivity index (χ3v) is 2.46. The lowest BCUT2D eigenvalue weighted by Crippen LogP contribution is -2.06. The van der Waals surface area contributed by atoms with Gasteiger partial charge in [0.05, 0.1) is 26.4 Å². The number of phenols is 2.